The van der Waals surface area contributed by atoms with E-state index in [9.17, 15) is 15.0 Å². The highest BCUT2D eigenvalue weighted by molar-refractivity contribution is 6.30. The molecule has 36 heavy (non-hydrogen) atoms. The number of likely N-dealkylation sites (tertiary alicyclic amines) is 1. The number of aliphatic hydroxyl groups excluding tert-OH is 1. The van der Waals surface area contributed by atoms with Crippen LogP contribution in [0.1, 0.15) is 46.3 Å². The molecule has 0 bridgehead atoms. The molecule has 5 rings (SSSR count). The van der Waals surface area contributed by atoms with Crippen LogP contribution in [0.4, 0.5) is 5.69 Å². The third-order valence-corrected chi connectivity index (χ3v) is 7.61. The van der Waals surface area contributed by atoms with Crippen molar-refractivity contribution in [2.45, 2.75) is 24.9 Å². The number of benzene rings is 3. The van der Waals surface area contributed by atoms with E-state index in [1.165, 1.54) is 0 Å². The summed E-state index contributed by atoms with van der Waals surface area (Å²) in [6.07, 6.45) is 4.42. The van der Waals surface area contributed by atoms with Crippen LogP contribution in [0.2, 0.25) is 5.02 Å². The number of amides is 1. The molecule has 0 atom stereocenters. The van der Waals surface area contributed by atoms with Crippen LogP contribution in [0.5, 0.6) is 0 Å². The fourth-order valence-corrected chi connectivity index (χ4v) is 5.50. The Morgan fingerprint density at radius 1 is 0.861 bits per heavy atom. The normalized spacial score (nSPS) is 18.6. The van der Waals surface area contributed by atoms with Crippen LogP contribution >= 0.6 is 11.6 Å². The first-order valence-electron chi connectivity index (χ1n) is 12.5. The van der Waals surface area contributed by atoms with Crippen molar-refractivity contribution in [3.05, 3.63) is 106 Å². The van der Waals surface area contributed by atoms with Gasteiger partial charge in [0, 0.05) is 42.3 Å². The predicted octanol–water partition coefficient (Wildman–Crippen LogP) is 5.10. The minimum Gasteiger partial charge on any atom is -0.395 e. The second-order valence-electron chi connectivity index (χ2n) is 9.53. The van der Waals surface area contributed by atoms with Crippen LogP contribution in [-0.2, 0) is 5.60 Å². The molecule has 0 aliphatic carbocycles. The van der Waals surface area contributed by atoms with E-state index >= 15 is 0 Å². The van der Waals surface area contributed by atoms with Crippen LogP contribution in [-0.4, -0.2) is 53.8 Å². The smallest absolute Gasteiger partial charge is 0.258 e. The number of rotatable bonds is 6. The summed E-state index contributed by atoms with van der Waals surface area (Å²) in [7, 11) is 0. The third kappa shape index (κ3) is 4.84. The number of anilines is 1. The highest BCUT2D eigenvalue weighted by Crippen LogP contribution is 2.38. The number of hydrogen-bond donors (Lipinski definition) is 2. The van der Waals surface area contributed by atoms with Crippen molar-refractivity contribution in [3.63, 3.8) is 0 Å². The van der Waals surface area contributed by atoms with E-state index in [0.717, 1.165) is 54.0 Å². The number of fused-ring (bicyclic) bond motifs is 2. The van der Waals surface area contributed by atoms with E-state index in [-0.39, 0.29) is 19.1 Å². The van der Waals surface area contributed by atoms with E-state index in [0.29, 0.717) is 23.4 Å². The summed E-state index contributed by atoms with van der Waals surface area (Å²) in [6.45, 7) is 2.66. The quantitative estimate of drug-likeness (QED) is 0.492. The first-order chi connectivity index (χ1) is 17.5. The van der Waals surface area contributed by atoms with Gasteiger partial charge in [-0.2, -0.15) is 0 Å². The largest absolute Gasteiger partial charge is 0.395 e. The van der Waals surface area contributed by atoms with Gasteiger partial charge in [0.1, 0.15) is 0 Å². The zero-order chi connectivity index (χ0) is 25.1. The second kappa shape index (κ2) is 10.6. The van der Waals surface area contributed by atoms with Gasteiger partial charge in [-0.05, 0) is 60.2 Å². The molecular weight excluding hydrogens is 472 g/mol. The monoisotopic (exact) mass is 502 g/mol. The Morgan fingerprint density at radius 3 is 2.19 bits per heavy atom. The van der Waals surface area contributed by atoms with Crippen molar-refractivity contribution in [3.8, 4) is 0 Å². The van der Waals surface area contributed by atoms with Crippen LogP contribution in [0.15, 0.2) is 78.9 Å². The molecule has 5 nitrogen and oxygen atoms in total. The molecule has 0 aromatic heterocycles. The van der Waals surface area contributed by atoms with Gasteiger partial charge in [0.25, 0.3) is 5.91 Å². The molecule has 1 saturated heterocycles. The second-order valence-corrected chi connectivity index (χ2v) is 9.97. The van der Waals surface area contributed by atoms with Crippen molar-refractivity contribution in [1.29, 1.82) is 0 Å². The average Bonchev–Trinajstić information content (AvgIpc) is 3.00. The number of hydrogen-bond acceptors (Lipinski definition) is 4. The molecule has 2 aliphatic rings. The summed E-state index contributed by atoms with van der Waals surface area (Å²) in [5, 5.41) is 21.5. The molecule has 2 heterocycles. The maximum Gasteiger partial charge on any atom is 0.258 e. The van der Waals surface area contributed by atoms with E-state index in [1.54, 1.807) is 4.90 Å². The molecule has 6 heteroatoms. The molecule has 2 N–H and O–H groups in total. The van der Waals surface area contributed by atoms with E-state index < -0.39 is 5.60 Å². The number of nitrogens with zero attached hydrogens (tertiary/aromatic N) is 2. The summed E-state index contributed by atoms with van der Waals surface area (Å²) in [4.78, 5) is 17.5. The van der Waals surface area contributed by atoms with Crippen molar-refractivity contribution >= 4 is 28.8 Å². The third-order valence-electron chi connectivity index (χ3n) is 7.36. The zero-order valence-corrected chi connectivity index (χ0v) is 21.0. The van der Waals surface area contributed by atoms with E-state index in [2.05, 4.69) is 11.0 Å². The molecule has 0 unspecified atom stereocenters. The van der Waals surface area contributed by atoms with Gasteiger partial charge < -0.3 is 20.0 Å². The number of halogens is 1. The lowest BCUT2D eigenvalue weighted by Crippen LogP contribution is -2.42. The van der Waals surface area contributed by atoms with Crippen molar-refractivity contribution in [2.24, 2.45) is 0 Å². The zero-order valence-electron chi connectivity index (χ0n) is 20.2. The van der Waals surface area contributed by atoms with Gasteiger partial charge in [-0.15, -0.1) is 0 Å². The van der Waals surface area contributed by atoms with Gasteiger partial charge in [-0.1, -0.05) is 66.2 Å². The van der Waals surface area contributed by atoms with Crippen LogP contribution in [0.25, 0.3) is 5.57 Å². The molecular formula is C30H31ClN2O3. The van der Waals surface area contributed by atoms with Gasteiger partial charge in [0.15, 0.2) is 0 Å². The van der Waals surface area contributed by atoms with Crippen molar-refractivity contribution < 1.29 is 15.0 Å². The van der Waals surface area contributed by atoms with Crippen LogP contribution < -0.4 is 4.90 Å². The first-order valence-corrected chi connectivity index (χ1v) is 12.9. The molecule has 186 valence electrons. The van der Waals surface area contributed by atoms with Crippen LogP contribution in [0, 0.1) is 0 Å². The number of carbonyl (C=O) groups excluding carboxylic acids is 1. The standard InChI is InChI=1S/C30H31ClN2O3/c31-23-13-11-22(12-14-23)30(36)15-18-32(19-16-30)17-5-9-24-25-6-1-2-8-27(25)29(35)33(20-21-34)28-10-4-3-7-26(24)28/h1-4,6-14,34,36H,5,15-21H2/b24-9-. The fraction of sp³-hybridized carbons (Fsp3) is 0.300. The minimum absolute atomic E-state index is 0.0898. The average molecular weight is 503 g/mol. The predicted molar refractivity (Wildman–Crippen MR) is 144 cm³/mol. The topological polar surface area (TPSA) is 64.0 Å². The Labute approximate surface area is 217 Å². The summed E-state index contributed by atoms with van der Waals surface area (Å²) in [6, 6.07) is 23.2. The summed E-state index contributed by atoms with van der Waals surface area (Å²) >= 11 is 6.02. The van der Waals surface area contributed by atoms with Gasteiger partial charge in [-0.25, -0.2) is 0 Å². The number of para-hydroxylation sites is 1. The minimum atomic E-state index is -0.810. The summed E-state index contributed by atoms with van der Waals surface area (Å²) in [5.74, 6) is -0.0898. The molecule has 0 radical (unpaired) electrons. The maximum atomic E-state index is 13.4. The number of aliphatic hydroxyl groups is 2. The Morgan fingerprint density at radius 2 is 1.50 bits per heavy atom. The van der Waals surface area contributed by atoms with E-state index in [1.807, 2.05) is 72.8 Å². The van der Waals surface area contributed by atoms with Gasteiger partial charge >= 0.3 is 0 Å². The van der Waals surface area contributed by atoms with Crippen LogP contribution in [0.3, 0.4) is 0 Å². The lowest BCUT2D eigenvalue weighted by Gasteiger charge is -2.38. The molecule has 0 spiro atoms. The molecule has 0 saturated carbocycles. The highest BCUT2D eigenvalue weighted by atomic mass is 35.5. The van der Waals surface area contributed by atoms with Gasteiger partial charge in [0.2, 0.25) is 0 Å². The molecule has 1 fully saturated rings. The number of β-amino-alcohol motifs (C(OH)–C–C–N with tert-alkyl or cyclic N) is 1. The number of carbonyl (C=O) groups is 1. The highest BCUT2D eigenvalue weighted by Gasteiger charge is 2.34. The molecule has 3 aromatic rings. The van der Waals surface area contributed by atoms with Crippen molar-refractivity contribution in [1.82, 2.24) is 4.90 Å². The molecule has 1 amide bonds. The lowest BCUT2D eigenvalue weighted by molar-refractivity contribution is -0.0254. The Kier molecular flexibility index (Phi) is 7.26. The van der Waals surface area contributed by atoms with Gasteiger partial charge in [-0.3, -0.25) is 4.79 Å². The lowest BCUT2D eigenvalue weighted by atomic mass is 9.84. The Balaban J connectivity index is 1.35. The van der Waals surface area contributed by atoms with Gasteiger partial charge in [0.05, 0.1) is 17.9 Å². The summed E-state index contributed by atoms with van der Waals surface area (Å²) < 4.78 is 0. The Hall–Kier alpha value is -2.96. The fourth-order valence-electron chi connectivity index (χ4n) is 5.37. The first kappa shape index (κ1) is 24.7. The molecule has 3 aromatic carbocycles. The Bertz CT molecular complexity index is 1260. The van der Waals surface area contributed by atoms with Crippen molar-refractivity contribution in [2.75, 3.05) is 37.7 Å². The maximum absolute atomic E-state index is 13.4. The SMILES string of the molecule is O=C1c2ccccc2/C(=C/CCN2CCC(O)(c3ccc(Cl)cc3)CC2)c2ccccc2N1CCO. The number of piperidine rings is 1. The van der Waals surface area contributed by atoms with E-state index in [4.69, 9.17) is 11.6 Å². The molecule has 2 aliphatic heterocycles. The summed E-state index contributed by atoms with van der Waals surface area (Å²) in [5.41, 5.74) is 4.56.